The lowest BCUT2D eigenvalue weighted by Crippen LogP contribution is -2.05. The predicted octanol–water partition coefficient (Wildman–Crippen LogP) is 4.96. The standard InChI is InChI=1S/C14H10F3N3S2/c1-7-5-10(9-3-4-21-8(9)2)19-12(18-7)13-20-11(6-22-13)14(15,16)17/h3-6H,1-2H3. The molecule has 22 heavy (non-hydrogen) atoms. The summed E-state index contributed by atoms with van der Waals surface area (Å²) in [5.74, 6) is 0.223. The lowest BCUT2D eigenvalue weighted by atomic mass is 10.1. The molecule has 0 saturated carbocycles. The maximum Gasteiger partial charge on any atom is 0.434 e. The van der Waals surface area contributed by atoms with Gasteiger partial charge in [-0.05, 0) is 31.4 Å². The van der Waals surface area contributed by atoms with Crippen LogP contribution in [0.25, 0.3) is 22.1 Å². The molecule has 0 aliphatic heterocycles. The van der Waals surface area contributed by atoms with Crippen molar-refractivity contribution in [3.63, 3.8) is 0 Å². The van der Waals surface area contributed by atoms with Crippen LogP contribution in [0.4, 0.5) is 13.2 Å². The van der Waals surface area contributed by atoms with Crippen molar-refractivity contribution in [2.75, 3.05) is 0 Å². The molecule has 3 aromatic heterocycles. The van der Waals surface area contributed by atoms with E-state index < -0.39 is 11.9 Å². The van der Waals surface area contributed by atoms with Crippen LogP contribution in [-0.2, 0) is 6.18 Å². The van der Waals surface area contributed by atoms with Gasteiger partial charge in [-0.25, -0.2) is 15.0 Å². The van der Waals surface area contributed by atoms with Gasteiger partial charge in [-0.2, -0.15) is 13.2 Å². The van der Waals surface area contributed by atoms with E-state index in [0.717, 1.165) is 27.2 Å². The quantitative estimate of drug-likeness (QED) is 0.661. The average molecular weight is 341 g/mol. The van der Waals surface area contributed by atoms with Gasteiger partial charge in [0.1, 0.15) is 0 Å². The van der Waals surface area contributed by atoms with E-state index >= 15 is 0 Å². The van der Waals surface area contributed by atoms with E-state index in [9.17, 15) is 13.2 Å². The highest BCUT2D eigenvalue weighted by atomic mass is 32.1. The van der Waals surface area contributed by atoms with Gasteiger partial charge in [0.15, 0.2) is 16.5 Å². The van der Waals surface area contributed by atoms with Gasteiger partial charge in [-0.1, -0.05) is 0 Å². The molecule has 0 atom stereocenters. The molecule has 0 N–H and O–H groups in total. The van der Waals surface area contributed by atoms with E-state index in [-0.39, 0.29) is 10.8 Å². The Hall–Kier alpha value is -1.80. The number of hydrogen-bond donors (Lipinski definition) is 0. The first kappa shape index (κ1) is 15.1. The number of aromatic nitrogens is 3. The van der Waals surface area contributed by atoms with E-state index in [2.05, 4.69) is 15.0 Å². The molecule has 0 aromatic carbocycles. The number of nitrogens with zero attached hydrogens (tertiary/aromatic N) is 3. The molecule has 0 unspecified atom stereocenters. The van der Waals surface area contributed by atoms with Gasteiger partial charge in [0.25, 0.3) is 0 Å². The van der Waals surface area contributed by atoms with Crippen molar-refractivity contribution in [2.45, 2.75) is 20.0 Å². The minimum atomic E-state index is -4.45. The number of alkyl halides is 3. The second kappa shape index (κ2) is 5.44. The molecule has 0 bridgehead atoms. The Bertz CT molecular complexity index is 821. The Morgan fingerprint density at radius 3 is 2.41 bits per heavy atom. The molecule has 0 fully saturated rings. The van der Waals surface area contributed by atoms with Crippen LogP contribution in [0.1, 0.15) is 16.3 Å². The monoisotopic (exact) mass is 341 g/mol. The summed E-state index contributed by atoms with van der Waals surface area (Å²) in [6, 6.07) is 3.76. The predicted molar refractivity (Wildman–Crippen MR) is 80.9 cm³/mol. The molecule has 114 valence electrons. The minimum Gasteiger partial charge on any atom is -0.231 e. The van der Waals surface area contributed by atoms with E-state index in [1.54, 1.807) is 18.3 Å². The number of aryl methyl sites for hydroxylation is 2. The zero-order chi connectivity index (χ0) is 15.9. The SMILES string of the molecule is Cc1cc(-c2ccsc2C)nc(-c2nc(C(F)(F)F)cs2)n1. The fraction of sp³-hybridized carbons (Fsp3) is 0.214. The molecule has 3 aromatic rings. The third-order valence-electron chi connectivity index (χ3n) is 2.97. The van der Waals surface area contributed by atoms with Crippen molar-refractivity contribution < 1.29 is 13.2 Å². The molecule has 0 amide bonds. The Kier molecular flexibility index (Phi) is 3.73. The van der Waals surface area contributed by atoms with Crippen molar-refractivity contribution >= 4 is 22.7 Å². The molecule has 0 spiro atoms. The third kappa shape index (κ3) is 2.89. The summed E-state index contributed by atoms with van der Waals surface area (Å²) in [5, 5.41) is 3.11. The van der Waals surface area contributed by atoms with Gasteiger partial charge in [-0.15, -0.1) is 22.7 Å². The second-order valence-electron chi connectivity index (χ2n) is 4.64. The van der Waals surface area contributed by atoms with Crippen LogP contribution in [0.2, 0.25) is 0 Å². The van der Waals surface area contributed by atoms with Crippen molar-refractivity contribution in [1.82, 2.24) is 15.0 Å². The highest BCUT2D eigenvalue weighted by Gasteiger charge is 2.34. The van der Waals surface area contributed by atoms with Crippen molar-refractivity contribution in [1.29, 1.82) is 0 Å². The van der Waals surface area contributed by atoms with E-state index in [1.807, 2.05) is 24.4 Å². The lowest BCUT2D eigenvalue weighted by molar-refractivity contribution is -0.140. The molecule has 0 aliphatic rings. The van der Waals surface area contributed by atoms with Gasteiger partial charge < -0.3 is 0 Å². The number of thiazole rings is 1. The Labute approximate surface area is 132 Å². The molecule has 3 heterocycles. The molecule has 3 rings (SSSR count). The summed E-state index contributed by atoms with van der Waals surface area (Å²) in [6.45, 7) is 3.76. The first-order valence-electron chi connectivity index (χ1n) is 6.28. The maximum atomic E-state index is 12.7. The smallest absolute Gasteiger partial charge is 0.231 e. The Balaban J connectivity index is 2.07. The lowest BCUT2D eigenvalue weighted by Gasteiger charge is -2.04. The minimum absolute atomic E-state index is 0.171. The summed E-state index contributed by atoms with van der Waals surface area (Å²) >= 11 is 2.49. The zero-order valence-electron chi connectivity index (χ0n) is 11.6. The van der Waals surface area contributed by atoms with Gasteiger partial charge in [0, 0.05) is 21.5 Å². The number of rotatable bonds is 2. The van der Waals surface area contributed by atoms with Crippen LogP contribution in [0.3, 0.4) is 0 Å². The summed E-state index contributed by atoms with van der Waals surface area (Å²) in [4.78, 5) is 13.3. The largest absolute Gasteiger partial charge is 0.434 e. The molecule has 0 saturated heterocycles. The second-order valence-corrected chi connectivity index (χ2v) is 6.62. The van der Waals surface area contributed by atoms with E-state index in [0.29, 0.717) is 11.4 Å². The molecule has 8 heteroatoms. The van der Waals surface area contributed by atoms with Gasteiger partial charge >= 0.3 is 6.18 Å². The van der Waals surface area contributed by atoms with Crippen LogP contribution in [0.5, 0.6) is 0 Å². The summed E-state index contributed by atoms with van der Waals surface area (Å²) in [5.41, 5.74) is 1.44. The van der Waals surface area contributed by atoms with Crippen LogP contribution < -0.4 is 0 Å². The molecular weight excluding hydrogens is 331 g/mol. The molecule has 0 aliphatic carbocycles. The molecular formula is C14H10F3N3S2. The van der Waals surface area contributed by atoms with Gasteiger partial charge in [-0.3, -0.25) is 0 Å². The highest BCUT2D eigenvalue weighted by molar-refractivity contribution is 7.13. The van der Waals surface area contributed by atoms with E-state index in [4.69, 9.17) is 0 Å². The van der Waals surface area contributed by atoms with Crippen LogP contribution in [0, 0.1) is 13.8 Å². The Morgan fingerprint density at radius 1 is 1.05 bits per heavy atom. The Morgan fingerprint density at radius 2 is 1.82 bits per heavy atom. The summed E-state index contributed by atoms with van der Waals surface area (Å²) in [7, 11) is 0. The van der Waals surface area contributed by atoms with Crippen molar-refractivity contribution in [3.8, 4) is 22.1 Å². The first-order valence-corrected chi connectivity index (χ1v) is 8.04. The van der Waals surface area contributed by atoms with Crippen molar-refractivity contribution in [3.05, 3.63) is 39.2 Å². The number of halogens is 3. The summed E-state index contributed by atoms with van der Waals surface area (Å²) in [6.07, 6.45) is -4.45. The first-order chi connectivity index (χ1) is 10.3. The maximum absolute atomic E-state index is 12.7. The van der Waals surface area contributed by atoms with E-state index in [1.165, 1.54) is 0 Å². The van der Waals surface area contributed by atoms with Gasteiger partial charge in [0.05, 0.1) is 5.69 Å². The molecule has 3 nitrogen and oxygen atoms in total. The fourth-order valence-corrected chi connectivity index (χ4v) is 3.42. The fourth-order valence-electron chi connectivity index (χ4n) is 1.96. The zero-order valence-corrected chi connectivity index (χ0v) is 13.2. The normalized spacial score (nSPS) is 11.9. The third-order valence-corrected chi connectivity index (χ3v) is 4.66. The number of thiophene rings is 1. The average Bonchev–Trinajstić information content (AvgIpc) is 3.05. The molecule has 0 radical (unpaired) electrons. The van der Waals surface area contributed by atoms with Crippen LogP contribution in [-0.4, -0.2) is 15.0 Å². The van der Waals surface area contributed by atoms with Crippen LogP contribution >= 0.6 is 22.7 Å². The summed E-state index contributed by atoms with van der Waals surface area (Å²) < 4.78 is 38.0. The highest BCUT2D eigenvalue weighted by Crippen LogP contribution is 2.33. The number of hydrogen-bond acceptors (Lipinski definition) is 5. The van der Waals surface area contributed by atoms with Crippen LogP contribution in [0.15, 0.2) is 22.9 Å². The van der Waals surface area contributed by atoms with Crippen molar-refractivity contribution in [2.24, 2.45) is 0 Å². The van der Waals surface area contributed by atoms with Gasteiger partial charge in [0.2, 0.25) is 0 Å². The topological polar surface area (TPSA) is 38.7 Å².